The first-order valence-corrected chi connectivity index (χ1v) is 9.47. The number of benzene rings is 2. The summed E-state index contributed by atoms with van der Waals surface area (Å²) >= 11 is 7.15. The van der Waals surface area contributed by atoms with Gasteiger partial charge in [-0.1, -0.05) is 23.7 Å². The molecule has 0 saturated carbocycles. The van der Waals surface area contributed by atoms with Gasteiger partial charge in [0.2, 0.25) is 5.91 Å². The number of aromatic nitrogens is 1. The third-order valence-electron chi connectivity index (χ3n) is 3.84. The summed E-state index contributed by atoms with van der Waals surface area (Å²) in [6.45, 7) is 0. The summed E-state index contributed by atoms with van der Waals surface area (Å²) in [6, 6.07) is 12.8. The maximum Gasteiger partial charge on any atom is 0.226 e. The van der Waals surface area contributed by atoms with Crippen molar-refractivity contribution in [1.29, 1.82) is 0 Å². The number of halogens is 2. The number of nitrogens with zero attached hydrogens (tertiary/aromatic N) is 1. The van der Waals surface area contributed by atoms with Gasteiger partial charge in [-0.25, -0.2) is 9.37 Å². The first kappa shape index (κ1) is 19.2. The lowest BCUT2D eigenvalue weighted by atomic mass is 10.1. The molecule has 0 aliphatic carbocycles. The molecule has 2 aromatic carbocycles. The van der Waals surface area contributed by atoms with Crippen LogP contribution in [0.3, 0.4) is 0 Å². The minimum absolute atomic E-state index is 0.0777. The van der Waals surface area contributed by atoms with E-state index in [1.165, 1.54) is 23.5 Å². The maximum atomic E-state index is 12.9. The standard InChI is InChI=1S/C20H16ClFN2O2S/c21-15-5-3-14(4-6-15)18(25)9-10-19(26)24-20-23-12-17(27-20)11-13-1-7-16(22)8-2-13/h1-8,12H,9-11H2,(H,23,24,26). The van der Waals surface area contributed by atoms with E-state index in [0.29, 0.717) is 22.1 Å². The summed E-state index contributed by atoms with van der Waals surface area (Å²) in [5, 5.41) is 3.75. The first-order chi connectivity index (χ1) is 13.0. The van der Waals surface area contributed by atoms with Gasteiger partial charge in [0, 0.05) is 40.9 Å². The van der Waals surface area contributed by atoms with Crippen LogP contribution in [0.25, 0.3) is 0 Å². The number of carbonyl (C=O) groups excluding carboxylic acids is 2. The van der Waals surface area contributed by atoms with Gasteiger partial charge in [-0.05, 0) is 42.0 Å². The van der Waals surface area contributed by atoms with E-state index in [9.17, 15) is 14.0 Å². The van der Waals surface area contributed by atoms with Gasteiger partial charge in [-0.3, -0.25) is 9.59 Å². The Hall–Kier alpha value is -2.57. The highest BCUT2D eigenvalue weighted by Gasteiger charge is 2.11. The Morgan fingerprint density at radius 1 is 1.04 bits per heavy atom. The largest absolute Gasteiger partial charge is 0.302 e. The van der Waals surface area contributed by atoms with Crippen LogP contribution in [0.1, 0.15) is 33.6 Å². The zero-order chi connectivity index (χ0) is 19.2. The number of Topliss-reactive ketones (excluding diaryl/α,β-unsaturated/α-hetero) is 1. The monoisotopic (exact) mass is 402 g/mol. The van der Waals surface area contributed by atoms with Gasteiger partial charge in [0.05, 0.1) is 0 Å². The number of ketones is 1. The van der Waals surface area contributed by atoms with Gasteiger partial charge in [-0.2, -0.15) is 0 Å². The van der Waals surface area contributed by atoms with Crippen molar-refractivity contribution in [3.8, 4) is 0 Å². The number of nitrogens with one attached hydrogen (secondary N) is 1. The molecule has 0 spiro atoms. The maximum absolute atomic E-state index is 12.9. The third kappa shape index (κ3) is 5.70. The highest BCUT2D eigenvalue weighted by Crippen LogP contribution is 2.22. The van der Waals surface area contributed by atoms with E-state index < -0.39 is 0 Å². The van der Waals surface area contributed by atoms with E-state index >= 15 is 0 Å². The van der Waals surface area contributed by atoms with Gasteiger partial charge in [0.25, 0.3) is 0 Å². The third-order valence-corrected chi connectivity index (χ3v) is 5.00. The number of anilines is 1. The second kappa shape index (κ2) is 8.88. The summed E-state index contributed by atoms with van der Waals surface area (Å²) in [6.07, 6.45) is 2.49. The lowest BCUT2D eigenvalue weighted by molar-refractivity contribution is -0.116. The van der Waals surface area contributed by atoms with Crippen molar-refractivity contribution in [2.75, 3.05) is 5.32 Å². The van der Waals surface area contributed by atoms with Crippen LogP contribution in [0, 0.1) is 5.82 Å². The molecule has 1 aromatic heterocycles. The predicted octanol–water partition coefficient (Wildman–Crippen LogP) is 5.13. The average Bonchev–Trinajstić information content (AvgIpc) is 3.09. The molecular weight excluding hydrogens is 387 g/mol. The molecular formula is C20H16ClFN2O2S. The number of carbonyl (C=O) groups is 2. The molecule has 0 aliphatic heterocycles. The molecule has 4 nitrogen and oxygen atoms in total. The lowest BCUT2D eigenvalue weighted by Crippen LogP contribution is -2.13. The second-order valence-corrected chi connectivity index (χ2v) is 7.46. The topological polar surface area (TPSA) is 59.1 Å². The van der Waals surface area contributed by atoms with Crippen LogP contribution in [-0.2, 0) is 11.2 Å². The molecule has 27 heavy (non-hydrogen) atoms. The molecule has 138 valence electrons. The van der Waals surface area contributed by atoms with Crippen molar-refractivity contribution in [2.24, 2.45) is 0 Å². The summed E-state index contributed by atoms with van der Waals surface area (Å²) in [4.78, 5) is 29.3. The summed E-state index contributed by atoms with van der Waals surface area (Å²) in [5.74, 6) is -0.651. The van der Waals surface area contributed by atoms with E-state index in [2.05, 4.69) is 10.3 Å². The molecule has 1 N–H and O–H groups in total. The smallest absolute Gasteiger partial charge is 0.226 e. The molecule has 0 atom stereocenters. The zero-order valence-electron chi connectivity index (χ0n) is 14.2. The molecule has 0 unspecified atom stereocenters. The van der Waals surface area contributed by atoms with Crippen LogP contribution in [-0.4, -0.2) is 16.7 Å². The van der Waals surface area contributed by atoms with Crippen LogP contribution in [0.2, 0.25) is 5.02 Å². The highest BCUT2D eigenvalue weighted by molar-refractivity contribution is 7.15. The summed E-state index contributed by atoms with van der Waals surface area (Å²) in [5.41, 5.74) is 1.49. The first-order valence-electron chi connectivity index (χ1n) is 8.27. The van der Waals surface area contributed by atoms with E-state index in [1.807, 2.05) is 0 Å². The summed E-state index contributed by atoms with van der Waals surface area (Å²) in [7, 11) is 0. The number of rotatable bonds is 7. The molecule has 0 bridgehead atoms. The normalized spacial score (nSPS) is 10.6. The van der Waals surface area contributed by atoms with Crippen molar-refractivity contribution >= 4 is 39.8 Å². The number of amides is 1. The Morgan fingerprint density at radius 2 is 1.74 bits per heavy atom. The van der Waals surface area contributed by atoms with Gasteiger partial charge < -0.3 is 5.32 Å². The number of thiazole rings is 1. The van der Waals surface area contributed by atoms with Crippen molar-refractivity contribution in [2.45, 2.75) is 19.3 Å². The van der Waals surface area contributed by atoms with Gasteiger partial charge in [0.15, 0.2) is 10.9 Å². The molecule has 1 amide bonds. The summed E-state index contributed by atoms with van der Waals surface area (Å²) < 4.78 is 12.9. The fourth-order valence-corrected chi connectivity index (χ4v) is 3.43. The molecule has 0 saturated heterocycles. The van der Waals surface area contributed by atoms with Crippen molar-refractivity contribution in [3.63, 3.8) is 0 Å². The fourth-order valence-electron chi connectivity index (χ4n) is 2.44. The van der Waals surface area contributed by atoms with Crippen LogP contribution in [0.4, 0.5) is 9.52 Å². The molecule has 7 heteroatoms. The van der Waals surface area contributed by atoms with Crippen LogP contribution in [0.5, 0.6) is 0 Å². The van der Waals surface area contributed by atoms with Gasteiger partial charge in [0.1, 0.15) is 5.82 Å². The van der Waals surface area contributed by atoms with Crippen LogP contribution in [0.15, 0.2) is 54.7 Å². The van der Waals surface area contributed by atoms with E-state index in [1.54, 1.807) is 42.6 Å². The minimum atomic E-state index is -0.274. The van der Waals surface area contributed by atoms with Gasteiger partial charge >= 0.3 is 0 Å². The number of hydrogen-bond acceptors (Lipinski definition) is 4. The Kier molecular flexibility index (Phi) is 6.32. The SMILES string of the molecule is O=C(CCC(=O)c1ccc(Cl)cc1)Nc1ncc(Cc2ccc(F)cc2)s1. The lowest BCUT2D eigenvalue weighted by Gasteiger charge is -2.02. The van der Waals surface area contributed by atoms with E-state index in [0.717, 1.165) is 10.4 Å². The molecule has 3 aromatic rings. The van der Waals surface area contributed by atoms with Crippen molar-refractivity contribution in [1.82, 2.24) is 4.98 Å². The van der Waals surface area contributed by atoms with Gasteiger partial charge in [-0.15, -0.1) is 11.3 Å². The van der Waals surface area contributed by atoms with Crippen molar-refractivity contribution in [3.05, 3.63) is 81.6 Å². The average molecular weight is 403 g/mol. The minimum Gasteiger partial charge on any atom is -0.302 e. The Labute approximate surface area is 165 Å². The Balaban J connectivity index is 1.49. The molecule has 0 fully saturated rings. The van der Waals surface area contributed by atoms with Crippen LogP contribution >= 0.6 is 22.9 Å². The Bertz CT molecular complexity index is 939. The molecule has 3 rings (SSSR count). The second-order valence-electron chi connectivity index (χ2n) is 5.91. The zero-order valence-corrected chi connectivity index (χ0v) is 15.8. The van der Waals surface area contributed by atoms with E-state index in [-0.39, 0.29) is 30.3 Å². The molecule has 1 heterocycles. The highest BCUT2D eigenvalue weighted by atomic mass is 35.5. The molecule has 0 radical (unpaired) electrons. The molecule has 0 aliphatic rings. The Morgan fingerprint density at radius 3 is 2.44 bits per heavy atom. The predicted molar refractivity (Wildman–Crippen MR) is 105 cm³/mol. The quantitative estimate of drug-likeness (QED) is 0.557. The van der Waals surface area contributed by atoms with Crippen LogP contribution < -0.4 is 5.32 Å². The number of hydrogen-bond donors (Lipinski definition) is 1. The fraction of sp³-hybridized carbons (Fsp3) is 0.150. The van der Waals surface area contributed by atoms with E-state index in [4.69, 9.17) is 11.6 Å². The van der Waals surface area contributed by atoms with Crippen molar-refractivity contribution < 1.29 is 14.0 Å².